The predicted molar refractivity (Wildman–Crippen MR) is 158 cm³/mol. The molecule has 0 saturated heterocycles. The Bertz CT molecular complexity index is 1840. The zero-order valence-electron chi connectivity index (χ0n) is 23.6. The Morgan fingerprint density at radius 3 is 2.40 bits per heavy atom. The van der Waals surface area contributed by atoms with Gasteiger partial charge in [-0.3, -0.25) is 4.79 Å². The van der Waals surface area contributed by atoms with E-state index < -0.39 is 5.91 Å². The summed E-state index contributed by atoms with van der Waals surface area (Å²) < 4.78 is 16.9. The van der Waals surface area contributed by atoms with Crippen molar-refractivity contribution < 1.29 is 14.3 Å². The van der Waals surface area contributed by atoms with Crippen molar-refractivity contribution in [2.75, 3.05) is 0 Å². The van der Waals surface area contributed by atoms with Crippen LogP contribution in [0, 0.1) is 11.7 Å². The van der Waals surface area contributed by atoms with Gasteiger partial charge in [-0.1, -0.05) is 75.7 Å². The average Bonchev–Trinajstić information content (AvgIpc) is 3.64. The summed E-state index contributed by atoms with van der Waals surface area (Å²) in [5.74, 6) is -1.40. The minimum atomic E-state index is -1.63. The Kier molecular flexibility index (Phi) is 7.17. The topological polar surface area (TPSA) is 106 Å². The molecule has 6 rings (SSSR count). The van der Waals surface area contributed by atoms with Crippen molar-refractivity contribution in [2.24, 2.45) is 10.9 Å². The van der Waals surface area contributed by atoms with Crippen molar-refractivity contribution in [3.05, 3.63) is 118 Å². The molecule has 0 saturated carbocycles. The first-order valence-corrected chi connectivity index (χ1v) is 14.0. The van der Waals surface area contributed by atoms with E-state index in [9.17, 15) is 14.3 Å². The molecule has 1 unspecified atom stereocenters. The van der Waals surface area contributed by atoms with Gasteiger partial charge < -0.3 is 5.11 Å². The second kappa shape index (κ2) is 11.0. The lowest BCUT2D eigenvalue weighted by molar-refractivity contribution is -0.230. The molecule has 9 nitrogen and oxygen atoms in total. The Labute approximate surface area is 241 Å². The summed E-state index contributed by atoms with van der Waals surface area (Å²) in [7, 11) is 0. The van der Waals surface area contributed by atoms with E-state index in [2.05, 4.69) is 27.5 Å². The van der Waals surface area contributed by atoms with Gasteiger partial charge in [0.25, 0.3) is 11.5 Å². The second-order valence-electron chi connectivity index (χ2n) is 10.7. The number of hydroxylamine groups is 1. The standard InChI is InChI=1S/C32H31FN6O3/c1-4-7-28-27(30(40)38(31-34-19-35-39(28)31)24-16-14-23(33)15-17-24)18-21-10-12-22(13-11-21)25-8-5-6-9-26(25)29-36-32(41,20(2)3)42-37-29/h5-6,8-17,19-20,41H,4,7,18H2,1-3H3,(H,36,37). The summed E-state index contributed by atoms with van der Waals surface area (Å²) in [5.41, 5.74) is 8.14. The summed E-state index contributed by atoms with van der Waals surface area (Å²) in [5, 5.41) is 15.1. The van der Waals surface area contributed by atoms with Gasteiger partial charge in [-0.05, 0) is 47.4 Å². The van der Waals surface area contributed by atoms with E-state index >= 15 is 0 Å². The van der Waals surface area contributed by atoms with Crippen molar-refractivity contribution >= 4 is 11.6 Å². The van der Waals surface area contributed by atoms with Crippen LogP contribution in [0.4, 0.5) is 4.39 Å². The Balaban J connectivity index is 1.38. The van der Waals surface area contributed by atoms with Gasteiger partial charge in [-0.2, -0.15) is 10.1 Å². The van der Waals surface area contributed by atoms with E-state index in [0.29, 0.717) is 35.7 Å². The number of nitrogens with zero attached hydrogens (tertiary/aromatic N) is 5. The van der Waals surface area contributed by atoms with Gasteiger partial charge >= 0.3 is 0 Å². The van der Waals surface area contributed by atoms with Crippen LogP contribution in [-0.4, -0.2) is 36.0 Å². The summed E-state index contributed by atoms with van der Waals surface area (Å²) in [6.07, 6.45) is 3.29. The molecule has 0 bridgehead atoms. The molecule has 214 valence electrons. The van der Waals surface area contributed by atoms with E-state index in [4.69, 9.17) is 4.84 Å². The number of benzene rings is 3. The highest BCUT2D eigenvalue weighted by atomic mass is 19.1. The van der Waals surface area contributed by atoms with Gasteiger partial charge in [0.2, 0.25) is 5.78 Å². The molecule has 0 amide bonds. The molecule has 2 aromatic heterocycles. The van der Waals surface area contributed by atoms with Crippen LogP contribution in [0.15, 0.2) is 88.9 Å². The van der Waals surface area contributed by atoms with Crippen LogP contribution in [0.25, 0.3) is 22.6 Å². The third-order valence-electron chi connectivity index (χ3n) is 7.52. The first kappa shape index (κ1) is 27.5. The number of aliphatic hydroxyl groups is 1. The fourth-order valence-electron chi connectivity index (χ4n) is 5.19. The molecule has 0 spiro atoms. The number of nitrogens with one attached hydrogen (secondary N) is 1. The first-order chi connectivity index (χ1) is 20.3. The van der Waals surface area contributed by atoms with Crippen molar-refractivity contribution in [1.82, 2.24) is 24.6 Å². The molecule has 0 aliphatic carbocycles. The van der Waals surface area contributed by atoms with Crippen LogP contribution >= 0.6 is 0 Å². The molecule has 3 aromatic carbocycles. The molecule has 10 heteroatoms. The molecule has 0 radical (unpaired) electrons. The van der Waals surface area contributed by atoms with Gasteiger partial charge in [0, 0.05) is 23.5 Å². The predicted octanol–water partition coefficient (Wildman–Crippen LogP) is 4.81. The number of aryl methyl sites for hydroxylation is 1. The molecule has 1 aliphatic rings. The minimum absolute atomic E-state index is 0.206. The monoisotopic (exact) mass is 566 g/mol. The molecule has 1 atom stereocenters. The van der Waals surface area contributed by atoms with E-state index in [1.54, 1.807) is 16.6 Å². The first-order valence-electron chi connectivity index (χ1n) is 14.0. The number of fused-ring (bicyclic) bond motifs is 1. The van der Waals surface area contributed by atoms with Crippen LogP contribution in [0.1, 0.15) is 49.6 Å². The number of hydrogen-bond acceptors (Lipinski definition) is 7. The molecule has 42 heavy (non-hydrogen) atoms. The van der Waals surface area contributed by atoms with Crippen molar-refractivity contribution in [1.29, 1.82) is 0 Å². The van der Waals surface area contributed by atoms with E-state index in [1.807, 2.05) is 62.4 Å². The van der Waals surface area contributed by atoms with Gasteiger partial charge in [-0.15, -0.1) is 0 Å². The fourth-order valence-corrected chi connectivity index (χ4v) is 5.19. The average molecular weight is 567 g/mol. The third kappa shape index (κ3) is 4.88. The van der Waals surface area contributed by atoms with E-state index in [0.717, 1.165) is 34.4 Å². The Morgan fingerprint density at radius 1 is 1.02 bits per heavy atom. The van der Waals surface area contributed by atoms with Gasteiger partial charge in [0.05, 0.1) is 11.4 Å². The SMILES string of the molecule is CCCc1c(Cc2ccc(-c3ccccc3C3=NC(O)(C(C)C)ON3)cc2)c(=O)n(-c2ccc(F)cc2)c2ncnn12. The molecule has 5 aromatic rings. The molecule has 1 aliphatic heterocycles. The lowest BCUT2D eigenvalue weighted by atomic mass is 9.96. The number of rotatable bonds is 8. The zero-order valence-corrected chi connectivity index (χ0v) is 23.6. The normalized spacial score (nSPS) is 16.7. The summed E-state index contributed by atoms with van der Waals surface area (Å²) >= 11 is 0. The molecule has 3 heterocycles. The zero-order chi connectivity index (χ0) is 29.4. The maximum absolute atomic E-state index is 14.0. The van der Waals surface area contributed by atoms with Crippen molar-refractivity contribution in [3.8, 4) is 16.8 Å². The molecular formula is C32H31FN6O3. The van der Waals surface area contributed by atoms with Crippen LogP contribution in [0.2, 0.25) is 0 Å². The lowest BCUT2D eigenvalue weighted by Crippen LogP contribution is -2.35. The summed E-state index contributed by atoms with van der Waals surface area (Å²) in [4.78, 5) is 28.2. The molecular weight excluding hydrogens is 535 g/mol. The van der Waals surface area contributed by atoms with Crippen LogP contribution in [0.5, 0.6) is 0 Å². The summed E-state index contributed by atoms with van der Waals surface area (Å²) in [6, 6.07) is 21.6. The Morgan fingerprint density at radius 2 is 1.74 bits per heavy atom. The van der Waals surface area contributed by atoms with E-state index in [1.165, 1.54) is 23.0 Å². The lowest BCUT2D eigenvalue weighted by Gasteiger charge is -2.20. The highest BCUT2D eigenvalue weighted by Crippen LogP contribution is 2.30. The number of aromatic nitrogens is 4. The highest BCUT2D eigenvalue weighted by Gasteiger charge is 2.38. The van der Waals surface area contributed by atoms with Crippen molar-refractivity contribution in [3.63, 3.8) is 0 Å². The highest BCUT2D eigenvalue weighted by molar-refractivity contribution is 6.04. The third-order valence-corrected chi connectivity index (χ3v) is 7.52. The fraction of sp³-hybridized carbons (Fsp3) is 0.250. The second-order valence-corrected chi connectivity index (χ2v) is 10.7. The number of halogens is 1. The molecule has 2 N–H and O–H groups in total. The quantitative estimate of drug-likeness (QED) is 0.279. The summed E-state index contributed by atoms with van der Waals surface area (Å²) in [6.45, 7) is 5.72. The molecule has 0 fully saturated rings. The van der Waals surface area contributed by atoms with Gasteiger partial charge in [0.1, 0.15) is 12.1 Å². The number of amidine groups is 1. The minimum Gasteiger partial charge on any atom is -0.346 e. The number of aliphatic imine (C=N–C) groups is 1. The van der Waals surface area contributed by atoms with Gasteiger partial charge in [-0.25, -0.2) is 28.8 Å². The maximum atomic E-state index is 14.0. The maximum Gasteiger partial charge on any atom is 0.293 e. The van der Waals surface area contributed by atoms with Crippen molar-refractivity contribution in [2.45, 2.75) is 45.9 Å². The Hall–Kier alpha value is -4.67. The smallest absolute Gasteiger partial charge is 0.293 e. The number of hydrogen-bond donors (Lipinski definition) is 2. The van der Waals surface area contributed by atoms with Crippen LogP contribution in [-0.2, 0) is 17.7 Å². The van der Waals surface area contributed by atoms with E-state index in [-0.39, 0.29) is 17.3 Å². The van der Waals surface area contributed by atoms with Crippen LogP contribution < -0.4 is 11.0 Å². The van der Waals surface area contributed by atoms with Crippen LogP contribution in [0.3, 0.4) is 0 Å². The largest absolute Gasteiger partial charge is 0.346 e. The van der Waals surface area contributed by atoms with Gasteiger partial charge in [0.15, 0.2) is 5.84 Å².